The summed E-state index contributed by atoms with van der Waals surface area (Å²) in [4.78, 5) is 2.31. The van der Waals surface area contributed by atoms with Gasteiger partial charge in [0, 0.05) is 28.5 Å². The number of benzene rings is 2. The first-order chi connectivity index (χ1) is 12.6. The zero-order valence-corrected chi connectivity index (χ0v) is 19.2. The third-order valence-corrected chi connectivity index (χ3v) is 5.28. The van der Waals surface area contributed by atoms with Gasteiger partial charge in [0.1, 0.15) is 11.5 Å². The van der Waals surface area contributed by atoms with Gasteiger partial charge < -0.3 is 15.1 Å². The molecule has 0 aromatic heterocycles. The fourth-order valence-corrected chi connectivity index (χ4v) is 3.77. The van der Waals surface area contributed by atoms with Gasteiger partial charge in [-0.05, 0) is 73.9 Å². The molecule has 0 aliphatic rings. The van der Waals surface area contributed by atoms with E-state index in [1.165, 1.54) is 0 Å². The number of hydrogen-bond acceptors (Lipinski definition) is 3. The molecule has 0 spiro atoms. The van der Waals surface area contributed by atoms with E-state index < -0.39 is 0 Å². The van der Waals surface area contributed by atoms with E-state index in [1.54, 1.807) is 0 Å². The van der Waals surface area contributed by atoms with E-state index in [4.69, 9.17) is 0 Å². The first-order valence-electron chi connectivity index (χ1n) is 10.1. The Bertz CT molecular complexity index is 798. The predicted molar refractivity (Wildman–Crippen MR) is 120 cm³/mol. The van der Waals surface area contributed by atoms with Crippen molar-refractivity contribution >= 4 is 11.4 Å². The number of phenolic OH excluding ortho intramolecular Hbond substituents is 2. The lowest BCUT2D eigenvalue weighted by atomic mass is 9.84. The molecule has 3 heteroatoms. The summed E-state index contributed by atoms with van der Waals surface area (Å²) in [7, 11) is 0. The molecule has 2 rings (SSSR count). The van der Waals surface area contributed by atoms with Gasteiger partial charge in [-0.2, -0.15) is 0 Å². The van der Waals surface area contributed by atoms with Crippen LogP contribution < -0.4 is 4.90 Å². The van der Waals surface area contributed by atoms with Gasteiger partial charge >= 0.3 is 0 Å². The number of aromatic hydroxyl groups is 2. The lowest BCUT2D eigenvalue weighted by molar-refractivity contribution is 0.446. The minimum atomic E-state index is -0.157. The first-order valence-corrected chi connectivity index (χ1v) is 10.1. The normalized spacial score (nSPS) is 12.5. The van der Waals surface area contributed by atoms with Crippen LogP contribution >= 0.6 is 0 Å². The Morgan fingerprint density at radius 1 is 0.679 bits per heavy atom. The summed E-state index contributed by atoms with van der Waals surface area (Å²) in [6, 6.07) is 8.19. The van der Waals surface area contributed by atoms with Crippen LogP contribution in [0.5, 0.6) is 11.5 Å². The highest BCUT2D eigenvalue weighted by Crippen LogP contribution is 2.43. The van der Waals surface area contributed by atoms with Crippen LogP contribution in [0.15, 0.2) is 24.3 Å². The van der Waals surface area contributed by atoms with Crippen LogP contribution in [0.4, 0.5) is 11.4 Å². The molecule has 0 aliphatic heterocycles. The summed E-state index contributed by atoms with van der Waals surface area (Å²) >= 11 is 0. The van der Waals surface area contributed by atoms with Gasteiger partial charge in [0.25, 0.3) is 0 Å². The minimum Gasteiger partial charge on any atom is -0.508 e. The lowest BCUT2D eigenvalue weighted by Crippen LogP contribution is -2.28. The van der Waals surface area contributed by atoms with Crippen LogP contribution in [0.25, 0.3) is 0 Å². The highest BCUT2D eigenvalue weighted by molar-refractivity contribution is 5.73. The molecule has 154 valence electrons. The summed E-state index contributed by atoms with van der Waals surface area (Å²) in [6.45, 7) is 21.1. The van der Waals surface area contributed by atoms with Gasteiger partial charge in [0.15, 0.2) is 0 Å². The Labute approximate surface area is 171 Å². The Kier molecular flexibility index (Phi) is 5.81. The van der Waals surface area contributed by atoms with Crippen LogP contribution in [0.2, 0.25) is 0 Å². The Hall–Kier alpha value is -2.16. The fraction of sp³-hybridized carbons (Fsp3) is 0.520. The van der Waals surface area contributed by atoms with Gasteiger partial charge in [0.05, 0.1) is 0 Å². The molecule has 0 saturated carbocycles. The maximum atomic E-state index is 10.5. The third-order valence-electron chi connectivity index (χ3n) is 5.28. The van der Waals surface area contributed by atoms with Crippen molar-refractivity contribution in [2.75, 3.05) is 4.90 Å². The summed E-state index contributed by atoms with van der Waals surface area (Å²) in [5.74, 6) is 0.686. The molecule has 0 heterocycles. The zero-order valence-electron chi connectivity index (χ0n) is 19.2. The minimum absolute atomic E-state index is 0.157. The highest BCUT2D eigenvalue weighted by Gasteiger charge is 2.26. The predicted octanol–water partition coefficient (Wildman–Crippen LogP) is 6.86. The smallest absolute Gasteiger partial charge is 0.119 e. The molecule has 2 N–H and O–H groups in total. The van der Waals surface area contributed by atoms with E-state index >= 15 is 0 Å². The van der Waals surface area contributed by atoms with Crippen molar-refractivity contribution in [2.24, 2.45) is 0 Å². The zero-order chi connectivity index (χ0) is 21.6. The molecular formula is C25H37NO2. The van der Waals surface area contributed by atoms with Crippen molar-refractivity contribution in [3.63, 3.8) is 0 Å². The van der Waals surface area contributed by atoms with Crippen LogP contribution in [0.1, 0.15) is 77.6 Å². The standard InChI is InChI=1S/C25H37NO2/c1-15(2)26(20-13-18(24(5,6)7)22(27)11-16(20)3)21-14-19(25(8,9)10)23(28)12-17(21)4/h11-15,27-28H,1-10H3. The van der Waals surface area contributed by atoms with Crippen molar-refractivity contribution in [3.8, 4) is 11.5 Å². The van der Waals surface area contributed by atoms with Crippen LogP contribution in [0, 0.1) is 13.8 Å². The second-order valence-electron chi connectivity index (χ2n) is 10.3. The maximum absolute atomic E-state index is 10.5. The highest BCUT2D eigenvalue weighted by atomic mass is 16.3. The molecular weight excluding hydrogens is 346 g/mol. The van der Waals surface area contributed by atoms with Crippen LogP contribution in [0.3, 0.4) is 0 Å². The number of anilines is 2. The molecule has 0 saturated heterocycles. The molecule has 0 radical (unpaired) electrons. The number of phenols is 2. The number of hydrogen-bond donors (Lipinski definition) is 2. The molecule has 2 aromatic rings. The van der Waals surface area contributed by atoms with E-state index in [0.29, 0.717) is 11.5 Å². The molecule has 3 nitrogen and oxygen atoms in total. The van der Waals surface area contributed by atoms with Crippen molar-refractivity contribution in [1.82, 2.24) is 0 Å². The van der Waals surface area contributed by atoms with Crippen molar-refractivity contribution in [3.05, 3.63) is 46.5 Å². The van der Waals surface area contributed by atoms with E-state index in [2.05, 4.69) is 72.4 Å². The monoisotopic (exact) mass is 383 g/mol. The van der Waals surface area contributed by atoms with Gasteiger partial charge in [-0.15, -0.1) is 0 Å². The first kappa shape index (κ1) is 22.1. The Morgan fingerprint density at radius 3 is 1.25 bits per heavy atom. The van der Waals surface area contributed by atoms with Crippen molar-refractivity contribution < 1.29 is 10.2 Å². The van der Waals surface area contributed by atoms with E-state index in [0.717, 1.165) is 33.6 Å². The third kappa shape index (κ3) is 4.29. The number of rotatable bonds is 3. The Morgan fingerprint density at radius 2 is 1.00 bits per heavy atom. The molecule has 0 fully saturated rings. The summed E-state index contributed by atoms with van der Waals surface area (Å²) < 4.78 is 0. The second kappa shape index (κ2) is 7.35. The molecule has 0 atom stereocenters. The average Bonchev–Trinajstić information content (AvgIpc) is 2.48. The van der Waals surface area contributed by atoms with E-state index in [-0.39, 0.29) is 16.9 Å². The summed E-state index contributed by atoms with van der Waals surface area (Å²) in [6.07, 6.45) is 0. The summed E-state index contributed by atoms with van der Waals surface area (Å²) in [5.41, 5.74) is 5.80. The van der Waals surface area contributed by atoms with Crippen molar-refractivity contribution in [1.29, 1.82) is 0 Å². The van der Waals surface area contributed by atoms with Crippen LogP contribution in [-0.2, 0) is 10.8 Å². The van der Waals surface area contributed by atoms with Gasteiger partial charge in [0.2, 0.25) is 0 Å². The van der Waals surface area contributed by atoms with Gasteiger partial charge in [-0.25, -0.2) is 0 Å². The Balaban J connectivity index is 2.79. The fourth-order valence-electron chi connectivity index (χ4n) is 3.77. The molecule has 28 heavy (non-hydrogen) atoms. The van der Waals surface area contributed by atoms with Gasteiger partial charge in [-0.1, -0.05) is 41.5 Å². The quantitative estimate of drug-likeness (QED) is 0.608. The van der Waals surface area contributed by atoms with Crippen molar-refractivity contribution in [2.45, 2.75) is 86.1 Å². The topological polar surface area (TPSA) is 43.7 Å². The number of aryl methyl sites for hydroxylation is 2. The van der Waals surface area contributed by atoms with E-state index in [9.17, 15) is 10.2 Å². The van der Waals surface area contributed by atoms with Crippen LogP contribution in [-0.4, -0.2) is 16.3 Å². The molecule has 2 aromatic carbocycles. The second-order valence-corrected chi connectivity index (χ2v) is 10.3. The summed E-state index contributed by atoms with van der Waals surface area (Å²) in [5, 5.41) is 21.1. The van der Waals surface area contributed by atoms with E-state index in [1.807, 2.05) is 26.0 Å². The maximum Gasteiger partial charge on any atom is 0.119 e. The van der Waals surface area contributed by atoms with Gasteiger partial charge in [-0.3, -0.25) is 0 Å². The largest absolute Gasteiger partial charge is 0.508 e. The molecule has 0 amide bonds. The SMILES string of the molecule is Cc1cc(O)c(C(C)(C)C)cc1N(c1cc(C(C)(C)C)c(O)cc1C)C(C)C. The molecule has 0 unspecified atom stereocenters. The number of nitrogens with zero attached hydrogens (tertiary/aromatic N) is 1. The molecule has 0 bridgehead atoms. The lowest BCUT2D eigenvalue weighted by Gasteiger charge is -2.35. The molecule has 0 aliphatic carbocycles. The average molecular weight is 384 g/mol.